The first kappa shape index (κ1) is 21.2. The number of hydrogen-bond donors (Lipinski definition) is 1. The number of nitrogens with zero attached hydrogens (tertiary/aromatic N) is 1. The molecule has 160 valence electrons. The summed E-state index contributed by atoms with van der Waals surface area (Å²) in [6.07, 6.45) is 1.70. The molecule has 6 nitrogen and oxygen atoms in total. The highest BCUT2D eigenvalue weighted by atomic mass is 79.9. The number of hydrogen-bond acceptors (Lipinski definition) is 4. The van der Waals surface area contributed by atoms with E-state index in [1.54, 1.807) is 22.9 Å². The molecule has 2 heterocycles. The second-order valence-electron chi connectivity index (χ2n) is 7.56. The number of pyridine rings is 1. The van der Waals surface area contributed by atoms with Crippen LogP contribution in [-0.4, -0.2) is 23.7 Å². The fourth-order valence-corrected chi connectivity index (χ4v) is 4.27. The van der Waals surface area contributed by atoms with Gasteiger partial charge in [-0.1, -0.05) is 45.8 Å². The van der Waals surface area contributed by atoms with Gasteiger partial charge in [0.2, 0.25) is 0 Å². The predicted octanol–water partition coefficient (Wildman–Crippen LogP) is 4.23. The van der Waals surface area contributed by atoms with Gasteiger partial charge >= 0.3 is 0 Å². The van der Waals surface area contributed by atoms with Gasteiger partial charge in [-0.3, -0.25) is 9.59 Å². The monoisotopic (exact) mass is 482 g/mol. The Labute approximate surface area is 188 Å². The summed E-state index contributed by atoms with van der Waals surface area (Å²) in [6.45, 7) is 5.27. The van der Waals surface area contributed by atoms with Crippen LogP contribution >= 0.6 is 15.9 Å². The van der Waals surface area contributed by atoms with Crippen LogP contribution < -0.4 is 20.3 Å². The zero-order chi connectivity index (χ0) is 22.0. The highest BCUT2D eigenvalue weighted by Crippen LogP contribution is 2.37. The quantitative estimate of drug-likeness (QED) is 0.590. The highest BCUT2D eigenvalue weighted by molar-refractivity contribution is 9.10. The van der Waals surface area contributed by atoms with Crippen LogP contribution in [0.25, 0.3) is 0 Å². The van der Waals surface area contributed by atoms with Crippen molar-refractivity contribution in [3.05, 3.63) is 91.8 Å². The van der Waals surface area contributed by atoms with Gasteiger partial charge in [0.05, 0.1) is 12.6 Å². The number of amides is 1. The van der Waals surface area contributed by atoms with Crippen molar-refractivity contribution in [3.63, 3.8) is 0 Å². The predicted molar refractivity (Wildman–Crippen MR) is 122 cm³/mol. The van der Waals surface area contributed by atoms with Crippen molar-refractivity contribution in [2.75, 3.05) is 13.2 Å². The van der Waals surface area contributed by atoms with Crippen molar-refractivity contribution in [1.29, 1.82) is 0 Å². The van der Waals surface area contributed by atoms with Crippen LogP contribution in [0.3, 0.4) is 0 Å². The molecule has 2 aromatic carbocycles. The first-order chi connectivity index (χ1) is 14.9. The van der Waals surface area contributed by atoms with Gasteiger partial charge in [0.25, 0.3) is 11.5 Å². The molecule has 1 unspecified atom stereocenters. The van der Waals surface area contributed by atoms with E-state index < -0.39 is 5.91 Å². The molecule has 0 aliphatic carbocycles. The Bertz CT molecular complexity index is 1190. The van der Waals surface area contributed by atoms with Crippen LogP contribution in [0.4, 0.5) is 0 Å². The Kier molecular flexibility index (Phi) is 6.13. The molecule has 0 spiro atoms. The number of aromatic nitrogens is 1. The second kappa shape index (κ2) is 8.98. The third-order valence-corrected chi connectivity index (χ3v) is 5.86. The molecular formula is C24H23BrN2O4. The molecule has 1 N–H and O–H groups in total. The van der Waals surface area contributed by atoms with E-state index in [0.29, 0.717) is 31.3 Å². The van der Waals surface area contributed by atoms with E-state index >= 15 is 0 Å². The first-order valence-electron chi connectivity index (χ1n) is 10.1. The van der Waals surface area contributed by atoms with E-state index in [0.717, 1.165) is 21.2 Å². The summed E-state index contributed by atoms with van der Waals surface area (Å²) >= 11 is 3.54. The van der Waals surface area contributed by atoms with E-state index in [-0.39, 0.29) is 17.2 Å². The minimum atomic E-state index is -0.419. The topological polar surface area (TPSA) is 69.6 Å². The van der Waals surface area contributed by atoms with Crippen LogP contribution in [0.15, 0.2) is 64.0 Å². The van der Waals surface area contributed by atoms with Crippen molar-refractivity contribution in [1.82, 2.24) is 9.88 Å². The fraction of sp³-hybridized carbons (Fsp3) is 0.250. The van der Waals surface area contributed by atoms with E-state index in [2.05, 4.69) is 21.2 Å². The highest BCUT2D eigenvalue weighted by Gasteiger charge is 2.21. The maximum atomic E-state index is 12.9. The van der Waals surface area contributed by atoms with Crippen LogP contribution in [0.1, 0.15) is 40.0 Å². The Morgan fingerprint density at radius 2 is 1.87 bits per heavy atom. The molecular weight excluding hydrogens is 460 g/mol. The lowest BCUT2D eigenvalue weighted by Gasteiger charge is -2.22. The molecule has 1 atom stereocenters. The van der Waals surface area contributed by atoms with E-state index in [1.807, 2.05) is 50.2 Å². The van der Waals surface area contributed by atoms with Gasteiger partial charge < -0.3 is 19.4 Å². The number of ether oxygens (including phenoxy) is 2. The van der Waals surface area contributed by atoms with Gasteiger partial charge in [-0.05, 0) is 49.2 Å². The molecule has 0 fully saturated rings. The van der Waals surface area contributed by atoms with Crippen molar-refractivity contribution >= 4 is 21.8 Å². The normalized spacial score (nSPS) is 13.5. The van der Waals surface area contributed by atoms with Crippen LogP contribution in [-0.2, 0) is 6.54 Å². The largest absolute Gasteiger partial charge is 0.486 e. The fourth-order valence-electron chi connectivity index (χ4n) is 3.61. The van der Waals surface area contributed by atoms with E-state index in [1.165, 1.54) is 0 Å². The molecule has 0 bridgehead atoms. The van der Waals surface area contributed by atoms with Crippen molar-refractivity contribution < 1.29 is 14.3 Å². The lowest BCUT2D eigenvalue weighted by Crippen LogP contribution is -2.34. The van der Waals surface area contributed by atoms with Gasteiger partial charge in [0.15, 0.2) is 11.5 Å². The van der Waals surface area contributed by atoms with Gasteiger partial charge in [0.1, 0.15) is 18.8 Å². The van der Waals surface area contributed by atoms with Gasteiger partial charge in [-0.15, -0.1) is 0 Å². The van der Waals surface area contributed by atoms with Crippen molar-refractivity contribution in [2.24, 2.45) is 0 Å². The summed E-state index contributed by atoms with van der Waals surface area (Å²) in [6, 6.07) is 14.6. The van der Waals surface area contributed by atoms with Gasteiger partial charge in [-0.25, -0.2) is 0 Å². The summed E-state index contributed by atoms with van der Waals surface area (Å²) in [4.78, 5) is 25.8. The number of fused-ring (bicyclic) bond motifs is 1. The standard InChI is InChI=1S/C24H23BrN2O4/c1-15-5-3-6-17(11-15)14-27-8-4-7-18(24(27)29)23(28)26-16(2)19-12-21-22(13-20(19)25)31-10-9-30-21/h3-8,11-13,16H,9-10,14H2,1-2H3,(H,26,28). The molecule has 31 heavy (non-hydrogen) atoms. The Morgan fingerprint density at radius 3 is 2.61 bits per heavy atom. The summed E-state index contributed by atoms with van der Waals surface area (Å²) in [7, 11) is 0. The summed E-state index contributed by atoms with van der Waals surface area (Å²) in [5.74, 6) is 0.895. The number of benzene rings is 2. The lowest BCUT2D eigenvalue weighted by molar-refractivity contribution is 0.0937. The molecule has 7 heteroatoms. The first-order valence-corrected chi connectivity index (χ1v) is 10.9. The van der Waals surface area contributed by atoms with E-state index in [9.17, 15) is 9.59 Å². The third kappa shape index (κ3) is 4.66. The van der Waals surface area contributed by atoms with Gasteiger partial charge in [0, 0.05) is 10.7 Å². The molecule has 0 saturated carbocycles. The van der Waals surface area contributed by atoms with Gasteiger partial charge in [-0.2, -0.15) is 0 Å². The number of rotatable bonds is 5. The third-order valence-electron chi connectivity index (χ3n) is 5.18. The number of carbonyl (C=O) groups is 1. The Morgan fingerprint density at radius 1 is 1.13 bits per heavy atom. The number of carbonyl (C=O) groups excluding carboxylic acids is 1. The molecule has 1 aliphatic heterocycles. The number of nitrogens with one attached hydrogen (secondary N) is 1. The maximum Gasteiger partial charge on any atom is 0.263 e. The average molecular weight is 483 g/mol. The number of aryl methyl sites for hydroxylation is 1. The lowest BCUT2D eigenvalue weighted by atomic mass is 10.1. The molecule has 1 aliphatic rings. The molecule has 1 aromatic heterocycles. The molecule has 3 aromatic rings. The second-order valence-corrected chi connectivity index (χ2v) is 8.41. The van der Waals surface area contributed by atoms with Crippen LogP contribution in [0, 0.1) is 6.92 Å². The smallest absolute Gasteiger partial charge is 0.263 e. The minimum absolute atomic E-state index is 0.107. The maximum absolute atomic E-state index is 12.9. The average Bonchev–Trinajstić information content (AvgIpc) is 2.74. The van der Waals surface area contributed by atoms with Crippen molar-refractivity contribution in [2.45, 2.75) is 26.4 Å². The molecule has 0 saturated heterocycles. The zero-order valence-corrected chi connectivity index (χ0v) is 18.9. The summed E-state index contributed by atoms with van der Waals surface area (Å²) < 4.78 is 13.6. The minimum Gasteiger partial charge on any atom is -0.486 e. The Hall–Kier alpha value is -3.06. The zero-order valence-electron chi connectivity index (χ0n) is 17.4. The number of halogens is 1. The molecule has 1 amide bonds. The summed E-state index contributed by atoms with van der Waals surface area (Å²) in [5.41, 5.74) is 2.76. The van der Waals surface area contributed by atoms with E-state index in [4.69, 9.17) is 9.47 Å². The SMILES string of the molecule is Cc1cccc(Cn2cccc(C(=O)NC(C)c3cc4c(cc3Br)OCCO4)c2=O)c1. The molecule has 0 radical (unpaired) electrons. The van der Waals surface area contributed by atoms with Crippen molar-refractivity contribution in [3.8, 4) is 11.5 Å². The Balaban J connectivity index is 1.54. The molecule has 4 rings (SSSR count). The summed E-state index contributed by atoms with van der Waals surface area (Å²) in [5, 5.41) is 2.92. The van der Waals surface area contributed by atoms with Crippen LogP contribution in [0.5, 0.6) is 11.5 Å². The van der Waals surface area contributed by atoms with Crippen LogP contribution in [0.2, 0.25) is 0 Å².